The van der Waals surface area contributed by atoms with E-state index in [0.717, 1.165) is 32.3 Å². The monoisotopic (exact) mass is 528 g/mol. The summed E-state index contributed by atoms with van der Waals surface area (Å²) in [5.74, 6) is 0.469. The number of carbonyl (C=O) groups excluding carboxylic acids is 1. The fraction of sp³-hybridized carbons (Fsp3) is 0.964. The summed E-state index contributed by atoms with van der Waals surface area (Å²) >= 11 is 0. The minimum Gasteiger partial charge on any atom is -0.465 e. The lowest BCUT2D eigenvalue weighted by Crippen LogP contribution is -2.47. The van der Waals surface area contributed by atoms with E-state index in [9.17, 15) is 4.79 Å². The smallest absolute Gasteiger partial charge is 0.311 e. The molecule has 0 aromatic carbocycles. The predicted octanol–water partition coefficient (Wildman–Crippen LogP) is 7.56. The summed E-state index contributed by atoms with van der Waals surface area (Å²) < 4.78 is 25.2. The third-order valence-electron chi connectivity index (χ3n) is 9.00. The van der Waals surface area contributed by atoms with Gasteiger partial charge in [-0.2, -0.15) is 0 Å². The van der Waals surface area contributed by atoms with Gasteiger partial charge in [0.2, 0.25) is 0 Å². The highest BCUT2D eigenvalue weighted by Crippen LogP contribution is 2.51. The maximum absolute atomic E-state index is 12.5. The molecule has 1 aliphatic carbocycles. The first kappa shape index (κ1) is 31.0. The molecule has 1 saturated carbocycles. The van der Waals surface area contributed by atoms with Gasteiger partial charge in [-0.05, 0) is 88.6 Å². The third kappa shape index (κ3) is 8.13. The Labute approximate surface area is 218 Å². The van der Waals surface area contributed by atoms with Crippen LogP contribution in [-0.2, 0) is 23.1 Å². The van der Waals surface area contributed by atoms with Gasteiger partial charge in [-0.15, -0.1) is 0 Å². The number of hydrogen-bond acceptors (Lipinski definition) is 5. The zero-order valence-electron chi connectivity index (χ0n) is 25.2. The largest absolute Gasteiger partial charge is 0.465 e. The third-order valence-corrected chi connectivity index (χ3v) is 18.0. The molecule has 0 bridgehead atoms. The van der Waals surface area contributed by atoms with Crippen LogP contribution in [0.5, 0.6) is 0 Å². The Morgan fingerprint density at radius 2 is 1.49 bits per heavy atom. The summed E-state index contributed by atoms with van der Waals surface area (Å²) in [4.78, 5) is 12.5. The van der Waals surface area contributed by atoms with E-state index >= 15 is 0 Å². The molecule has 1 saturated heterocycles. The van der Waals surface area contributed by atoms with E-state index in [-0.39, 0.29) is 34.2 Å². The van der Waals surface area contributed by atoms with Crippen LogP contribution in [-0.4, -0.2) is 54.1 Å². The average Bonchev–Trinajstić information content (AvgIpc) is 3.34. The molecule has 1 aliphatic heterocycles. The highest BCUT2D eigenvalue weighted by molar-refractivity contribution is 6.74. The number of fused-ring (bicyclic) bond motifs is 1. The van der Waals surface area contributed by atoms with E-state index in [1.165, 1.54) is 0 Å². The van der Waals surface area contributed by atoms with Crippen LogP contribution < -0.4 is 0 Å². The van der Waals surface area contributed by atoms with Crippen LogP contribution in [0.3, 0.4) is 0 Å². The molecule has 0 radical (unpaired) electrons. The number of hydrogen-bond donors (Lipinski definition) is 0. The number of esters is 1. The van der Waals surface area contributed by atoms with Crippen molar-refractivity contribution in [1.29, 1.82) is 0 Å². The second-order valence-corrected chi connectivity index (χ2v) is 24.6. The van der Waals surface area contributed by atoms with Gasteiger partial charge >= 0.3 is 5.97 Å². The van der Waals surface area contributed by atoms with Crippen LogP contribution in [0.1, 0.15) is 88.0 Å². The highest BCUT2D eigenvalue weighted by atomic mass is 28.4. The standard InChI is InChI=1S/C28H56O5Si2/c1-26(2,3)25(29)30-19-21-20(18-23-24(21)32-23)22(33-35(12,13)28(7,8)9)16-14-15-17-31-34(10,11)27(4,5)6/h20-24H,14-19H2,1-13H3/t20-,21+,22-,23+,24-/m0/s1. The minimum atomic E-state index is -1.94. The van der Waals surface area contributed by atoms with Crippen molar-refractivity contribution in [3.05, 3.63) is 0 Å². The maximum Gasteiger partial charge on any atom is 0.311 e. The van der Waals surface area contributed by atoms with Gasteiger partial charge in [0.1, 0.15) is 0 Å². The molecule has 0 aromatic heterocycles. The van der Waals surface area contributed by atoms with Crippen molar-refractivity contribution < 1.29 is 23.1 Å². The Morgan fingerprint density at radius 3 is 2.00 bits per heavy atom. The zero-order valence-corrected chi connectivity index (χ0v) is 27.2. The van der Waals surface area contributed by atoms with E-state index in [4.69, 9.17) is 18.3 Å². The van der Waals surface area contributed by atoms with Crippen molar-refractivity contribution in [3.63, 3.8) is 0 Å². The second-order valence-electron chi connectivity index (χ2n) is 15.1. The van der Waals surface area contributed by atoms with Gasteiger partial charge in [0.05, 0.1) is 24.2 Å². The van der Waals surface area contributed by atoms with Gasteiger partial charge in [-0.3, -0.25) is 4.79 Å². The normalized spacial score (nSPS) is 26.4. The summed E-state index contributed by atoms with van der Waals surface area (Å²) in [5, 5.41) is 0.395. The first-order valence-corrected chi connectivity index (χ1v) is 19.6. The van der Waals surface area contributed by atoms with Gasteiger partial charge in [0.25, 0.3) is 0 Å². The van der Waals surface area contributed by atoms with E-state index in [1.54, 1.807) is 0 Å². The Bertz CT molecular complexity index is 714. The van der Waals surface area contributed by atoms with Crippen molar-refractivity contribution in [2.45, 2.75) is 143 Å². The van der Waals surface area contributed by atoms with Crippen molar-refractivity contribution >= 4 is 22.6 Å². The van der Waals surface area contributed by atoms with Crippen LogP contribution in [0.15, 0.2) is 0 Å². The topological polar surface area (TPSA) is 57.3 Å². The van der Waals surface area contributed by atoms with Gasteiger partial charge < -0.3 is 18.3 Å². The number of unbranched alkanes of at least 4 members (excludes halogenated alkanes) is 1. The Balaban J connectivity index is 2.06. The molecular formula is C28H56O5Si2. The SMILES string of the molecule is CC(C)(C)C(=O)OC[C@@H]1[C@@H]([C@H](CCCCO[Si](C)(C)C(C)(C)C)O[Si](C)(C)C(C)(C)C)C[C@H]2O[C@@H]12. The Hall–Kier alpha value is -0.216. The van der Waals surface area contributed by atoms with Crippen molar-refractivity contribution in [1.82, 2.24) is 0 Å². The number of rotatable bonds is 11. The molecular weight excluding hydrogens is 472 g/mol. The number of epoxide rings is 1. The van der Waals surface area contributed by atoms with Crippen molar-refractivity contribution in [3.8, 4) is 0 Å². The number of carbonyl (C=O) groups is 1. The highest BCUT2D eigenvalue weighted by Gasteiger charge is 2.58. The summed E-state index contributed by atoms with van der Waals surface area (Å²) in [5.41, 5.74) is -0.487. The summed E-state index contributed by atoms with van der Waals surface area (Å²) in [6, 6.07) is 0. The summed E-state index contributed by atoms with van der Waals surface area (Å²) in [6.45, 7) is 30.1. The minimum absolute atomic E-state index is 0.134. The average molecular weight is 529 g/mol. The fourth-order valence-electron chi connectivity index (χ4n) is 4.35. The van der Waals surface area contributed by atoms with E-state index in [1.807, 2.05) is 20.8 Å². The lowest BCUT2D eigenvalue weighted by Gasteiger charge is -2.42. The first-order chi connectivity index (χ1) is 15.7. The van der Waals surface area contributed by atoms with Gasteiger partial charge in [0.15, 0.2) is 16.6 Å². The molecule has 0 spiro atoms. The Kier molecular flexibility index (Phi) is 9.63. The van der Waals surface area contributed by atoms with Crippen molar-refractivity contribution in [2.75, 3.05) is 13.2 Å². The molecule has 35 heavy (non-hydrogen) atoms. The van der Waals surface area contributed by atoms with Crippen LogP contribution in [0.4, 0.5) is 0 Å². The van der Waals surface area contributed by atoms with Gasteiger partial charge in [-0.1, -0.05) is 41.5 Å². The second kappa shape index (κ2) is 10.9. The Morgan fingerprint density at radius 1 is 0.914 bits per heavy atom. The van der Waals surface area contributed by atoms with Gasteiger partial charge in [-0.25, -0.2) is 0 Å². The molecule has 0 aromatic rings. The molecule has 7 heteroatoms. The number of ether oxygens (including phenoxy) is 2. The molecule has 2 rings (SSSR count). The lowest BCUT2D eigenvalue weighted by molar-refractivity contribution is -0.155. The molecule has 2 fully saturated rings. The fourth-order valence-corrected chi connectivity index (χ4v) is 6.84. The molecule has 206 valence electrons. The predicted molar refractivity (Wildman–Crippen MR) is 150 cm³/mol. The molecule has 0 amide bonds. The van der Waals surface area contributed by atoms with Crippen molar-refractivity contribution in [2.24, 2.45) is 17.3 Å². The maximum atomic E-state index is 12.5. The van der Waals surface area contributed by atoms with Crippen LogP contribution >= 0.6 is 0 Å². The molecule has 0 N–H and O–H groups in total. The first-order valence-electron chi connectivity index (χ1n) is 13.8. The van der Waals surface area contributed by atoms with E-state index in [0.29, 0.717) is 18.6 Å². The molecule has 5 nitrogen and oxygen atoms in total. The zero-order chi connectivity index (χ0) is 27.0. The van der Waals surface area contributed by atoms with E-state index < -0.39 is 22.0 Å². The quantitative estimate of drug-likeness (QED) is 0.120. The van der Waals surface area contributed by atoms with Crippen LogP contribution in [0.2, 0.25) is 36.3 Å². The summed E-state index contributed by atoms with van der Waals surface area (Å²) in [6.07, 6.45) is 4.91. The van der Waals surface area contributed by atoms with E-state index in [2.05, 4.69) is 67.7 Å². The van der Waals surface area contributed by atoms with Gasteiger partial charge in [0, 0.05) is 18.6 Å². The lowest BCUT2D eigenvalue weighted by atomic mass is 9.87. The molecule has 2 aliphatic rings. The van der Waals surface area contributed by atoms with Crippen LogP contribution in [0.25, 0.3) is 0 Å². The molecule has 5 atom stereocenters. The summed E-state index contributed by atoms with van der Waals surface area (Å²) in [7, 11) is -3.65. The van der Waals surface area contributed by atoms with Crippen LogP contribution in [0, 0.1) is 17.3 Å². The molecule has 0 unspecified atom stereocenters. The molecule has 1 heterocycles.